The van der Waals surface area contributed by atoms with Gasteiger partial charge in [0.2, 0.25) is 5.96 Å². The summed E-state index contributed by atoms with van der Waals surface area (Å²) in [4.78, 5) is 4.45. The van der Waals surface area contributed by atoms with Gasteiger partial charge < -0.3 is 5.32 Å². The fraction of sp³-hybridized carbons (Fsp3) is 0.167. The topological polar surface area (TPSA) is 70.6 Å². The molecule has 2 aromatic carbocycles. The Hall–Kier alpha value is -2.78. The number of hydrogen-bond donors (Lipinski definition) is 2. The van der Waals surface area contributed by atoms with E-state index in [0.29, 0.717) is 6.54 Å². The summed E-state index contributed by atoms with van der Waals surface area (Å²) in [5.41, 5.74) is 1.95. The number of rotatable bonds is 5. The Morgan fingerprint density at radius 3 is 2.42 bits per heavy atom. The molecule has 0 aliphatic carbocycles. The summed E-state index contributed by atoms with van der Waals surface area (Å²) in [6, 6.07) is 16.1. The Kier molecular flexibility index (Phi) is 5.99. The Bertz CT molecular complexity index is 836. The summed E-state index contributed by atoms with van der Waals surface area (Å²) in [5, 5.41) is 2.80. The minimum Gasteiger partial charge on any atom is -0.345 e. The van der Waals surface area contributed by atoms with Crippen LogP contribution < -0.4 is 10.0 Å². The Balaban J connectivity index is 2.18. The van der Waals surface area contributed by atoms with E-state index >= 15 is 0 Å². The van der Waals surface area contributed by atoms with Crippen molar-refractivity contribution in [1.82, 2.24) is 10.0 Å². The van der Waals surface area contributed by atoms with Crippen LogP contribution in [0.4, 0.5) is 0 Å². The molecular weight excluding hydrogens is 322 g/mol. The lowest BCUT2D eigenvalue weighted by molar-refractivity contribution is 0.591. The largest absolute Gasteiger partial charge is 0.345 e. The van der Waals surface area contributed by atoms with Gasteiger partial charge in [0, 0.05) is 0 Å². The molecule has 24 heavy (non-hydrogen) atoms. The Labute approximate surface area is 142 Å². The molecule has 0 fully saturated rings. The number of sulfonamides is 1. The normalized spacial score (nSPS) is 11.6. The minimum absolute atomic E-state index is 0.123. The van der Waals surface area contributed by atoms with Crippen molar-refractivity contribution in [3.05, 3.63) is 65.7 Å². The fourth-order valence-electron chi connectivity index (χ4n) is 1.92. The van der Waals surface area contributed by atoms with Gasteiger partial charge in [0.05, 0.1) is 18.0 Å². The summed E-state index contributed by atoms with van der Waals surface area (Å²) in [5.74, 6) is 2.53. The number of nitrogens with zero attached hydrogens (tertiary/aromatic N) is 1. The second kappa shape index (κ2) is 8.18. The van der Waals surface area contributed by atoms with Crippen LogP contribution in [-0.2, 0) is 16.6 Å². The molecule has 124 valence electrons. The van der Waals surface area contributed by atoms with Gasteiger partial charge in [0.1, 0.15) is 0 Å². The number of hydrogen-bond acceptors (Lipinski definition) is 3. The molecule has 0 bridgehead atoms. The lowest BCUT2D eigenvalue weighted by Gasteiger charge is -2.12. The van der Waals surface area contributed by atoms with Crippen molar-refractivity contribution in [1.29, 1.82) is 0 Å². The summed E-state index contributed by atoms with van der Waals surface area (Å²) in [7, 11) is -3.72. The second-order valence-corrected chi connectivity index (χ2v) is 6.81. The Morgan fingerprint density at radius 1 is 1.12 bits per heavy atom. The van der Waals surface area contributed by atoms with Crippen molar-refractivity contribution < 1.29 is 8.42 Å². The first-order chi connectivity index (χ1) is 11.5. The van der Waals surface area contributed by atoms with Crippen LogP contribution in [0.3, 0.4) is 0 Å². The molecule has 2 N–H and O–H groups in total. The zero-order valence-electron chi connectivity index (χ0n) is 13.4. The van der Waals surface area contributed by atoms with Crippen molar-refractivity contribution in [3.63, 3.8) is 0 Å². The first-order valence-corrected chi connectivity index (χ1v) is 8.85. The number of benzene rings is 2. The van der Waals surface area contributed by atoms with Gasteiger partial charge in [-0.3, -0.25) is 0 Å². The van der Waals surface area contributed by atoms with E-state index in [4.69, 9.17) is 6.42 Å². The van der Waals surface area contributed by atoms with Crippen LogP contribution in [0.5, 0.6) is 0 Å². The van der Waals surface area contributed by atoms with Crippen LogP contribution in [0, 0.1) is 19.3 Å². The van der Waals surface area contributed by atoms with Gasteiger partial charge in [-0.1, -0.05) is 53.9 Å². The molecule has 0 heterocycles. The highest BCUT2D eigenvalue weighted by molar-refractivity contribution is 7.90. The van der Waals surface area contributed by atoms with E-state index in [2.05, 4.69) is 21.0 Å². The smallest absolute Gasteiger partial charge is 0.264 e. The Morgan fingerprint density at radius 2 is 1.79 bits per heavy atom. The van der Waals surface area contributed by atoms with Crippen LogP contribution >= 0.6 is 0 Å². The molecule has 0 aliphatic heterocycles. The molecule has 0 saturated heterocycles. The molecule has 5 nitrogen and oxygen atoms in total. The number of aryl methyl sites for hydroxylation is 1. The monoisotopic (exact) mass is 341 g/mol. The maximum absolute atomic E-state index is 12.4. The van der Waals surface area contributed by atoms with Crippen LogP contribution in [0.2, 0.25) is 0 Å². The molecule has 0 amide bonds. The van der Waals surface area contributed by atoms with Crippen LogP contribution in [-0.4, -0.2) is 20.9 Å². The molecule has 0 unspecified atom stereocenters. The maximum atomic E-state index is 12.4. The lowest BCUT2D eigenvalue weighted by Crippen LogP contribution is -2.41. The second-order valence-electron chi connectivity index (χ2n) is 5.13. The van der Waals surface area contributed by atoms with Crippen molar-refractivity contribution in [2.24, 2.45) is 4.99 Å². The zero-order chi connectivity index (χ0) is 17.4. The van der Waals surface area contributed by atoms with Gasteiger partial charge in [-0.2, -0.15) is 0 Å². The summed E-state index contributed by atoms with van der Waals surface area (Å²) >= 11 is 0. The van der Waals surface area contributed by atoms with Crippen molar-refractivity contribution in [2.45, 2.75) is 18.4 Å². The summed E-state index contributed by atoms with van der Waals surface area (Å²) < 4.78 is 27.3. The van der Waals surface area contributed by atoms with Crippen molar-refractivity contribution in [2.75, 3.05) is 6.54 Å². The van der Waals surface area contributed by atoms with E-state index in [1.807, 2.05) is 37.3 Å². The summed E-state index contributed by atoms with van der Waals surface area (Å²) in [6.07, 6.45) is 5.23. The molecule has 0 saturated carbocycles. The third-order valence-corrected chi connectivity index (χ3v) is 4.54. The predicted octanol–water partition coefficient (Wildman–Crippen LogP) is 2.05. The third-order valence-electron chi connectivity index (χ3n) is 3.18. The van der Waals surface area contributed by atoms with E-state index in [0.717, 1.165) is 11.1 Å². The average molecular weight is 341 g/mol. The molecule has 6 heteroatoms. The first kappa shape index (κ1) is 17.6. The van der Waals surface area contributed by atoms with Gasteiger partial charge in [-0.05, 0) is 24.6 Å². The van der Waals surface area contributed by atoms with Gasteiger partial charge >= 0.3 is 0 Å². The van der Waals surface area contributed by atoms with E-state index < -0.39 is 10.0 Å². The van der Waals surface area contributed by atoms with Crippen LogP contribution in [0.15, 0.2) is 64.5 Å². The molecule has 2 aromatic rings. The number of guanidine groups is 1. The molecule has 2 rings (SSSR count). The molecule has 0 radical (unpaired) electrons. The van der Waals surface area contributed by atoms with Crippen LogP contribution in [0.25, 0.3) is 0 Å². The third kappa shape index (κ3) is 5.14. The average Bonchev–Trinajstić information content (AvgIpc) is 2.58. The van der Waals surface area contributed by atoms with Gasteiger partial charge in [0.15, 0.2) is 0 Å². The SMILES string of the molecule is C#CCNC(=NCc1ccccc1)NS(=O)(=O)c1ccc(C)cc1. The van der Waals surface area contributed by atoms with E-state index in [1.54, 1.807) is 24.3 Å². The molecule has 0 aromatic heterocycles. The standard InChI is InChI=1S/C18H19N3O2S/c1-3-13-19-18(20-14-16-7-5-4-6-8-16)21-24(22,23)17-11-9-15(2)10-12-17/h1,4-12H,13-14H2,2H3,(H2,19,20,21). The molecule has 0 atom stereocenters. The molecule has 0 spiro atoms. The molecular formula is C18H19N3O2S. The van der Waals surface area contributed by atoms with E-state index in [1.165, 1.54) is 0 Å². The van der Waals surface area contributed by atoms with Gasteiger partial charge in [-0.15, -0.1) is 6.42 Å². The number of aliphatic imine (C=N–C) groups is 1. The van der Waals surface area contributed by atoms with E-state index in [-0.39, 0.29) is 17.4 Å². The highest BCUT2D eigenvalue weighted by atomic mass is 32.2. The number of terminal acetylenes is 1. The lowest BCUT2D eigenvalue weighted by atomic mass is 10.2. The van der Waals surface area contributed by atoms with Crippen molar-refractivity contribution in [3.8, 4) is 12.3 Å². The highest BCUT2D eigenvalue weighted by Crippen LogP contribution is 2.09. The summed E-state index contributed by atoms with van der Waals surface area (Å²) in [6.45, 7) is 2.40. The van der Waals surface area contributed by atoms with Gasteiger partial charge in [0.25, 0.3) is 10.0 Å². The van der Waals surface area contributed by atoms with Gasteiger partial charge in [-0.25, -0.2) is 18.1 Å². The zero-order valence-corrected chi connectivity index (χ0v) is 14.2. The predicted molar refractivity (Wildman–Crippen MR) is 95.9 cm³/mol. The maximum Gasteiger partial charge on any atom is 0.264 e. The number of nitrogens with one attached hydrogen (secondary N) is 2. The minimum atomic E-state index is -3.72. The highest BCUT2D eigenvalue weighted by Gasteiger charge is 2.15. The van der Waals surface area contributed by atoms with Crippen molar-refractivity contribution >= 4 is 16.0 Å². The quantitative estimate of drug-likeness (QED) is 0.497. The fourth-order valence-corrected chi connectivity index (χ4v) is 2.92. The first-order valence-electron chi connectivity index (χ1n) is 7.36. The molecule has 0 aliphatic rings. The van der Waals surface area contributed by atoms with Crippen LogP contribution in [0.1, 0.15) is 11.1 Å². The van der Waals surface area contributed by atoms with E-state index in [9.17, 15) is 8.42 Å².